The van der Waals surface area contributed by atoms with Crippen molar-refractivity contribution >= 4 is 15.9 Å². The van der Waals surface area contributed by atoms with E-state index in [4.69, 9.17) is 0 Å². The fourth-order valence-corrected chi connectivity index (χ4v) is 2.11. The molecule has 0 aromatic carbocycles. The van der Waals surface area contributed by atoms with Gasteiger partial charge in [-0.2, -0.15) is 4.31 Å². The highest BCUT2D eigenvalue weighted by atomic mass is 32.2. The molecule has 0 aliphatic heterocycles. The number of nitrogens with zero attached hydrogens (tertiary/aromatic N) is 2. The molecule has 7 nitrogen and oxygen atoms in total. The summed E-state index contributed by atoms with van der Waals surface area (Å²) in [5, 5.41) is 2.49. The molecule has 1 amide bonds. The molecule has 0 atom stereocenters. The van der Waals surface area contributed by atoms with Crippen LogP contribution < -0.4 is 5.32 Å². The minimum Gasteiger partial charge on any atom is -0.355 e. The van der Waals surface area contributed by atoms with Crippen LogP contribution in [0.4, 0.5) is 0 Å². The highest BCUT2D eigenvalue weighted by molar-refractivity contribution is 7.89. The lowest BCUT2D eigenvalue weighted by Crippen LogP contribution is -2.38. The molecule has 1 rings (SSSR count). The van der Waals surface area contributed by atoms with Crippen molar-refractivity contribution in [2.45, 2.75) is 11.9 Å². The third kappa shape index (κ3) is 2.80. The summed E-state index contributed by atoms with van der Waals surface area (Å²) in [4.78, 5) is 17.3. The summed E-state index contributed by atoms with van der Waals surface area (Å²) >= 11 is 0. The lowest BCUT2D eigenvalue weighted by molar-refractivity contribution is -0.121. The molecule has 90 valence electrons. The maximum atomic E-state index is 11.8. The summed E-state index contributed by atoms with van der Waals surface area (Å²) < 4.78 is 24.6. The first-order valence-corrected chi connectivity index (χ1v) is 6.14. The Morgan fingerprint density at radius 2 is 2.31 bits per heavy atom. The first-order valence-electron chi connectivity index (χ1n) is 4.70. The molecule has 16 heavy (non-hydrogen) atoms. The molecule has 0 saturated carbocycles. The maximum Gasteiger partial charge on any atom is 0.260 e. The van der Waals surface area contributed by atoms with Crippen LogP contribution in [0.3, 0.4) is 0 Å². The lowest BCUT2D eigenvalue weighted by Gasteiger charge is -2.14. The van der Waals surface area contributed by atoms with E-state index in [0.717, 1.165) is 4.31 Å². The van der Waals surface area contributed by atoms with Gasteiger partial charge in [0.15, 0.2) is 5.03 Å². The number of rotatable bonds is 5. The molecule has 2 N–H and O–H groups in total. The van der Waals surface area contributed by atoms with Crippen LogP contribution in [0.15, 0.2) is 17.6 Å². The number of imidazole rings is 1. The first kappa shape index (κ1) is 12.7. The third-order valence-corrected chi connectivity index (χ3v) is 3.63. The molecule has 0 bridgehead atoms. The van der Waals surface area contributed by atoms with Crippen LogP contribution in [0.1, 0.15) is 6.92 Å². The minimum absolute atomic E-state index is 0.0284. The van der Waals surface area contributed by atoms with Gasteiger partial charge in [0.25, 0.3) is 10.0 Å². The normalized spacial score (nSPS) is 11.7. The molecule has 0 aliphatic carbocycles. The number of hydrogen-bond donors (Lipinski definition) is 2. The standard InChI is InChI=1S/C8H14N4O3S/c1-3-10-7(13)5-12(2)16(14,15)8-4-9-6-11-8/h4,6H,3,5H2,1-2H3,(H,9,11)(H,10,13). The van der Waals surface area contributed by atoms with E-state index in [-0.39, 0.29) is 17.5 Å². The van der Waals surface area contributed by atoms with Gasteiger partial charge < -0.3 is 10.3 Å². The number of sulfonamides is 1. The molecule has 0 fully saturated rings. The number of aromatic amines is 1. The second kappa shape index (κ2) is 5.08. The summed E-state index contributed by atoms with van der Waals surface area (Å²) in [6.07, 6.45) is 2.47. The van der Waals surface area contributed by atoms with Crippen molar-refractivity contribution in [1.82, 2.24) is 19.6 Å². The summed E-state index contributed by atoms with van der Waals surface area (Å²) in [5.74, 6) is -0.340. The van der Waals surface area contributed by atoms with Gasteiger partial charge in [-0.1, -0.05) is 0 Å². The monoisotopic (exact) mass is 246 g/mol. The fourth-order valence-electron chi connectivity index (χ4n) is 1.09. The number of amides is 1. The predicted molar refractivity (Wildman–Crippen MR) is 57.1 cm³/mol. The molecule has 0 saturated heterocycles. The molecule has 0 aliphatic rings. The van der Waals surface area contributed by atoms with Crippen molar-refractivity contribution in [3.8, 4) is 0 Å². The van der Waals surface area contributed by atoms with E-state index in [1.165, 1.54) is 19.6 Å². The topological polar surface area (TPSA) is 95.2 Å². The summed E-state index contributed by atoms with van der Waals surface area (Å²) in [5.41, 5.74) is 0. The summed E-state index contributed by atoms with van der Waals surface area (Å²) in [6, 6.07) is 0. The molecule has 1 heterocycles. The zero-order chi connectivity index (χ0) is 12.2. The second-order valence-electron chi connectivity index (χ2n) is 3.13. The number of H-pyrrole nitrogens is 1. The Morgan fingerprint density at radius 3 is 2.81 bits per heavy atom. The zero-order valence-corrected chi connectivity index (χ0v) is 9.91. The Hall–Kier alpha value is -1.41. The molecule has 1 aromatic heterocycles. The molecule has 1 aromatic rings. The van der Waals surface area contributed by atoms with Crippen LogP contribution >= 0.6 is 0 Å². The second-order valence-corrected chi connectivity index (χ2v) is 5.14. The number of aromatic nitrogens is 2. The fraction of sp³-hybridized carbons (Fsp3) is 0.500. The van der Waals surface area contributed by atoms with Gasteiger partial charge >= 0.3 is 0 Å². The smallest absolute Gasteiger partial charge is 0.260 e. The van der Waals surface area contributed by atoms with E-state index in [0.29, 0.717) is 6.54 Å². The largest absolute Gasteiger partial charge is 0.355 e. The van der Waals surface area contributed by atoms with Crippen molar-refractivity contribution in [3.05, 3.63) is 12.5 Å². The molecular formula is C8H14N4O3S. The molecule has 8 heteroatoms. The van der Waals surface area contributed by atoms with Crippen molar-refractivity contribution < 1.29 is 13.2 Å². The zero-order valence-electron chi connectivity index (χ0n) is 9.10. The van der Waals surface area contributed by atoms with E-state index >= 15 is 0 Å². The van der Waals surface area contributed by atoms with E-state index in [1.54, 1.807) is 6.92 Å². The van der Waals surface area contributed by atoms with E-state index in [2.05, 4.69) is 15.3 Å². The number of nitrogens with one attached hydrogen (secondary N) is 2. The lowest BCUT2D eigenvalue weighted by atomic mass is 10.5. The Bertz CT molecular complexity index is 440. The third-order valence-electron chi connectivity index (χ3n) is 1.90. The van der Waals surface area contributed by atoms with E-state index < -0.39 is 10.0 Å². The van der Waals surface area contributed by atoms with Gasteiger partial charge in [0.05, 0.1) is 19.1 Å². The van der Waals surface area contributed by atoms with Gasteiger partial charge in [0.2, 0.25) is 5.91 Å². The van der Waals surface area contributed by atoms with Gasteiger partial charge in [0.1, 0.15) is 0 Å². The van der Waals surface area contributed by atoms with E-state index in [9.17, 15) is 13.2 Å². The molecule has 0 spiro atoms. The minimum atomic E-state index is -3.65. The Kier molecular flexibility index (Phi) is 4.02. The van der Waals surface area contributed by atoms with Crippen molar-refractivity contribution in [3.63, 3.8) is 0 Å². The molecule has 0 unspecified atom stereocenters. The maximum absolute atomic E-state index is 11.8. The van der Waals surface area contributed by atoms with Gasteiger partial charge in [-0.15, -0.1) is 0 Å². The van der Waals surface area contributed by atoms with E-state index in [1.807, 2.05) is 0 Å². The van der Waals surface area contributed by atoms with Crippen LogP contribution in [0.5, 0.6) is 0 Å². The summed E-state index contributed by atoms with van der Waals surface area (Å²) in [7, 11) is -2.32. The Balaban J connectivity index is 2.74. The highest BCUT2D eigenvalue weighted by Crippen LogP contribution is 2.08. The van der Waals surface area contributed by atoms with Crippen LogP contribution in [-0.4, -0.2) is 48.7 Å². The van der Waals surface area contributed by atoms with Gasteiger partial charge in [-0.05, 0) is 6.92 Å². The van der Waals surface area contributed by atoms with Crippen molar-refractivity contribution in [1.29, 1.82) is 0 Å². The van der Waals surface area contributed by atoms with Crippen molar-refractivity contribution in [2.75, 3.05) is 20.1 Å². The van der Waals surface area contributed by atoms with Gasteiger partial charge in [0, 0.05) is 13.6 Å². The number of likely N-dealkylation sites (N-methyl/N-ethyl adjacent to an activating group) is 2. The number of hydrogen-bond acceptors (Lipinski definition) is 4. The SMILES string of the molecule is CCNC(=O)CN(C)S(=O)(=O)c1cnc[nH]1. The predicted octanol–water partition coefficient (Wildman–Crippen LogP) is -0.834. The molecule has 0 radical (unpaired) electrons. The number of carbonyl (C=O) groups excluding carboxylic acids is 1. The number of carbonyl (C=O) groups is 1. The van der Waals surface area contributed by atoms with Gasteiger partial charge in [-0.25, -0.2) is 13.4 Å². The highest BCUT2D eigenvalue weighted by Gasteiger charge is 2.23. The van der Waals surface area contributed by atoms with Gasteiger partial charge in [-0.3, -0.25) is 4.79 Å². The average molecular weight is 246 g/mol. The first-order chi connectivity index (χ1) is 7.48. The average Bonchev–Trinajstić information content (AvgIpc) is 2.70. The molecular weight excluding hydrogens is 232 g/mol. The van der Waals surface area contributed by atoms with Crippen LogP contribution in [0.25, 0.3) is 0 Å². The van der Waals surface area contributed by atoms with Crippen LogP contribution in [-0.2, 0) is 14.8 Å². The van der Waals surface area contributed by atoms with Crippen LogP contribution in [0.2, 0.25) is 0 Å². The quantitative estimate of drug-likeness (QED) is 0.708. The Labute approximate surface area is 93.9 Å². The summed E-state index contributed by atoms with van der Waals surface area (Å²) in [6.45, 7) is 2.02. The van der Waals surface area contributed by atoms with Crippen LogP contribution in [0, 0.1) is 0 Å². The Morgan fingerprint density at radius 1 is 1.62 bits per heavy atom. The van der Waals surface area contributed by atoms with Crippen molar-refractivity contribution in [2.24, 2.45) is 0 Å².